The lowest BCUT2D eigenvalue weighted by Crippen LogP contribution is -2.48. The highest BCUT2D eigenvalue weighted by molar-refractivity contribution is 5.94. The zero-order valence-electron chi connectivity index (χ0n) is 11.0. The first-order valence-corrected chi connectivity index (χ1v) is 6.33. The minimum Gasteiger partial charge on any atom is -0.481 e. The first-order chi connectivity index (χ1) is 9.90. The van der Waals surface area contributed by atoms with Gasteiger partial charge in [-0.1, -0.05) is 0 Å². The number of H-pyrrole nitrogens is 1. The van der Waals surface area contributed by atoms with E-state index in [2.05, 4.69) is 4.98 Å². The summed E-state index contributed by atoms with van der Waals surface area (Å²) in [6, 6.07) is 2.55. The maximum absolute atomic E-state index is 12.2. The second kappa shape index (κ2) is 5.78. The van der Waals surface area contributed by atoms with Crippen LogP contribution in [-0.2, 0) is 9.59 Å². The Morgan fingerprint density at radius 2 is 1.86 bits per heavy atom. The van der Waals surface area contributed by atoms with Crippen LogP contribution in [0.1, 0.15) is 16.8 Å². The minimum atomic E-state index is -1.24. The van der Waals surface area contributed by atoms with Gasteiger partial charge in [-0.05, 0) is 12.5 Å². The van der Waals surface area contributed by atoms with E-state index in [0.29, 0.717) is 0 Å². The number of aromatic amines is 1. The minimum absolute atomic E-state index is 0.0707. The molecule has 0 saturated carbocycles. The molecule has 8 heteroatoms. The smallest absolute Gasteiger partial charge is 0.309 e. The fourth-order valence-corrected chi connectivity index (χ4v) is 2.44. The van der Waals surface area contributed by atoms with E-state index in [0.717, 1.165) is 6.07 Å². The molecule has 0 spiro atoms. The van der Waals surface area contributed by atoms with Gasteiger partial charge in [0.25, 0.3) is 5.91 Å². The molecule has 1 fully saturated rings. The third-order valence-electron chi connectivity index (χ3n) is 3.56. The molecule has 0 aliphatic carbocycles. The standard InChI is InChI=1S/C13H14N2O6/c16-10-5-7(1-3-14-10)11(17)15-4-2-8(12(18)19)9(6-15)13(20)21/h1,3,5,8-9H,2,4,6H2,(H,14,16)(H,18,19)(H,20,21). The molecule has 0 aromatic carbocycles. The quantitative estimate of drug-likeness (QED) is 0.697. The molecule has 21 heavy (non-hydrogen) atoms. The normalized spacial score (nSPS) is 21.8. The van der Waals surface area contributed by atoms with Gasteiger partial charge in [0.15, 0.2) is 0 Å². The van der Waals surface area contributed by atoms with Gasteiger partial charge >= 0.3 is 11.9 Å². The average molecular weight is 294 g/mol. The molecule has 2 rings (SSSR count). The van der Waals surface area contributed by atoms with Gasteiger partial charge in [-0.15, -0.1) is 0 Å². The van der Waals surface area contributed by atoms with Crippen molar-refractivity contribution in [3.8, 4) is 0 Å². The van der Waals surface area contributed by atoms with Crippen molar-refractivity contribution in [1.29, 1.82) is 0 Å². The summed E-state index contributed by atoms with van der Waals surface area (Å²) in [5.74, 6) is -5.06. The summed E-state index contributed by atoms with van der Waals surface area (Å²) in [5, 5.41) is 18.1. The zero-order valence-corrected chi connectivity index (χ0v) is 11.0. The fourth-order valence-electron chi connectivity index (χ4n) is 2.44. The topological polar surface area (TPSA) is 128 Å². The number of carboxylic acid groups (broad SMARTS) is 2. The largest absolute Gasteiger partial charge is 0.481 e. The van der Waals surface area contributed by atoms with E-state index in [1.54, 1.807) is 0 Å². The number of amides is 1. The molecule has 0 radical (unpaired) electrons. The summed E-state index contributed by atoms with van der Waals surface area (Å²) in [7, 11) is 0. The molecule has 112 valence electrons. The van der Waals surface area contributed by atoms with Crippen molar-refractivity contribution in [2.24, 2.45) is 11.8 Å². The van der Waals surface area contributed by atoms with Crippen LogP contribution in [0, 0.1) is 11.8 Å². The molecule has 8 nitrogen and oxygen atoms in total. The number of aromatic nitrogens is 1. The van der Waals surface area contributed by atoms with E-state index in [4.69, 9.17) is 10.2 Å². The van der Waals surface area contributed by atoms with Gasteiger partial charge in [0, 0.05) is 30.9 Å². The monoisotopic (exact) mass is 294 g/mol. The Kier molecular flexibility index (Phi) is 4.06. The predicted octanol–water partition coefficient (Wildman–Crippen LogP) is -0.378. The van der Waals surface area contributed by atoms with E-state index in [1.165, 1.54) is 17.2 Å². The van der Waals surface area contributed by atoms with Crippen molar-refractivity contribution in [1.82, 2.24) is 9.88 Å². The van der Waals surface area contributed by atoms with Crippen LogP contribution in [0.5, 0.6) is 0 Å². The van der Waals surface area contributed by atoms with E-state index >= 15 is 0 Å². The molecule has 1 aromatic rings. The number of nitrogens with zero attached hydrogens (tertiary/aromatic N) is 1. The second-order valence-electron chi connectivity index (χ2n) is 4.87. The molecular weight excluding hydrogens is 280 g/mol. The van der Waals surface area contributed by atoms with E-state index in [9.17, 15) is 19.2 Å². The van der Waals surface area contributed by atoms with Gasteiger partial charge in [0.1, 0.15) is 0 Å². The Labute approximate surface area is 119 Å². The Balaban J connectivity index is 2.19. The Bertz CT molecular complexity index is 638. The molecule has 1 aliphatic rings. The van der Waals surface area contributed by atoms with E-state index < -0.39 is 35.2 Å². The number of aliphatic carboxylic acids is 2. The van der Waals surface area contributed by atoms with Crippen molar-refractivity contribution in [3.63, 3.8) is 0 Å². The van der Waals surface area contributed by atoms with E-state index in [1.807, 2.05) is 0 Å². The van der Waals surface area contributed by atoms with Gasteiger partial charge in [-0.25, -0.2) is 0 Å². The number of piperidine rings is 1. The third-order valence-corrected chi connectivity index (χ3v) is 3.56. The molecule has 1 aliphatic heterocycles. The van der Waals surface area contributed by atoms with Gasteiger partial charge in [0.2, 0.25) is 5.56 Å². The van der Waals surface area contributed by atoms with Crippen LogP contribution >= 0.6 is 0 Å². The van der Waals surface area contributed by atoms with Crippen LogP contribution in [0.25, 0.3) is 0 Å². The summed E-state index contributed by atoms with van der Waals surface area (Å²) < 4.78 is 0. The summed E-state index contributed by atoms with van der Waals surface area (Å²) >= 11 is 0. The highest BCUT2D eigenvalue weighted by Crippen LogP contribution is 2.25. The number of rotatable bonds is 3. The maximum atomic E-state index is 12.2. The molecule has 1 saturated heterocycles. The maximum Gasteiger partial charge on any atom is 0.309 e. The van der Waals surface area contributed by atoms with Gasteiger partial charge in [-0.2, -0.15) is 0 Å². The zero-order chi connectivity index (χ0) is 15.6. The lowest BCUT2D eigenvalue weighted by atomic mass is 9.85. The summed E-state index contributed by atoms with van der Waals surface area (Å²) in [6.07, 6.45) is 1.40. The number of carbonyl (C=O) groups is 3. The predicted molar refractivity (Wildman–Crippen MR) is 69.8 cm³/mol. The Morgan fingerprint density at radius 1 is 1.19 bits per heavy atom. The molecule has 1 amide bonds. The summed E-state index contributed by atoms with van der Waals surface area (Å²) in [4.78, 5) is 49.3. The molecular formula is C13H14N2O6. The summed E-state index contributed by atoms with van der Waals surface area (Å²) in [5.41, 5.74) is -0.285. The number of hydrogen-bond acceptors (Lipinski definition) is 4. The fraction of sp³-hybridized carbons (Fsp3) is 0.385. The number of nitrogens with one attached hydrogen (secondary N) is 1. The highest BCUT2D eigenvalue weighted by Gasteiger charge is 2.40. The van der Waals surface area contributed by atoms with Crippen LogP contribution in [0.15, 0.2) is 23.1 Å². The van der Waals surface area contributed by atoms with Crippen molar-refractivity contribution in [3.05, 3.63) is 34.2 Å². The van der Waals surface area contributed by atoms with E-state index in [-0.39, 0.29) is 25.1 Å². The number of carbonyl (C=O) groups excluding carboxylic acids is 1. The molecule has 1 aromatic heterocycles. The third kappa shape index (κ3) is 3.10. The average Bonchev–Trinajstić information content (AvgIpc) is 2.45. The van der Waals surface area contributed by atoms with Crippen LogP contribution in [-0.4, -0.2) is 51.0 Å². The second-order valence-corrected chi connectivity index (χ2v) is 4.87. The van der Waals surface area contributed by atoms with Crippen LogP contribution in [0.2, 0.25) is 0 Å². The number of hydrogen-bond donors (Lipinski definition) is 3. The molecule has 0 bridgehead atoms. The Hall–Kier alpha value is -2.64. The van der Waals surface area contributed by atoms with Gasteiger partial charge in [-0.3, -0.25) is 19.2 Å². The van der Waals surface area contributed by atoms with Crippen LogP contribution < -0.4 is 5.56 Å². The molecule has 2 unspecified atom stereocenters. The lowest BCUT2D eigenvalue weighted by molar-refractivity contribution is -0.156. The van der Waals surface area contributed by atoms with Crippen LogP contribution in [0.3, 0.4) is 0 Å². The van der Waals surface area contributed by atoms with Crippen molar-refractivity contribution in [2.45, 2.75) is 6.42 Å². The number of likely N-dealkylation sites (tertiary alicyclic amines) is 1. The SMILES string of the molecule is O=C(O)C1CCN(C(=O)c2cc[nH]c(=O)c2)CC1C(=O)O. The molecule has 2 heterocycles. The first-order valence-electron chi connectivity index (χ1n) is 6.33. The summed E-state index contributed by atoms with van der Waals surface area (Å²) in [6.45, 7) is -0.0374. The Morgan fingerprint density at radius 3 is 2.43 bits per heavy atom. The highest BCUT2D eigenvalue weighted by atomic mass is 16.4. The number of carboxylic acids is 2. The molecule has 2 atom stereocenters. The number of pyridine rings is 1. The van der Waals surface area contributed by atoms with Crippen LogP contribution in [0.4, 0.5) is 0 Å². The van der Waals surface area contributed by atoms with Crippen molar-refractivity contribution in [2.75, 3.05) is 13.1 Å². The molecule has 3 N–H and O–H groups in total. The van der Waals surface area contributed by atoms with Crippen molar-refractivity contribution >= 4 is 17.8 Å². The van der Waals surface area contributed by atoms with Gasteiger partial charge < -0.3 is 20.1 Å². The van der Waals surface area contributed by atoms with Crippen molar-refractivity contribution < 1.29 is 24.6 Å². The van der Waals surface area contributed by atoms with Gasteiger partial charge in [0.05, 0.1) is 11.8 Å². The first kappa shape index (κ1) is 14.8. The lowest BCUT2D eigenvalue weighted by Gasteiger charge is -2.34.